The average molecular weight is 250 g/mol. The lowest BCUT2D eigenvalue weighted by Crippen LogP contribution is -2.46. The number of rotatable bonds is 1. The number of nitrogens with zero attached hydrogens (tertiary/aromatic N) is 1. The Balaban J connectivity index is 1.74. The topological polar surface area (TPSA) is 32.3 Å². The minimum absolute atomic E-state index is 0.178. The number of amides is 1. The van der Waals surface area contributed by atoms with Gasteiger partial charge in [-0.3, -0.25) is 10.1 Å². The van der Waals surface area contributed by atoms with E-state index < -0.39 is 0 Å². The third kappa shape index (κ3) is 1.87. The molecule has 3 aliphatic rings. The van der Waals surface area contributed by atoms with Crippen LogP contribution in [0.15, 0.2) is 0 Å². The normalized spacial score (nSPS) is 39.8. The zero-order chi connectivity index (χ0) is 12.8. The summed E-state index contributed by atoms with van der Waals surface area (Å²) in [5, 5.41) is 3.61. The van der Waals surface area contributed by atoms with Crippen molar-refractivity contribution in [2.75, 3.05) is 0 Å². The summed E-state index contributed by atoms with van der Waals surface area (Å²) in [6.07, 6.45) is 9.74. The zero-order valence-electron chi connectivity index (χ0n) is 11.7. The molecule has 3 heteroatoms. The van der Waals surface area contributed by atoms with Crippen LogP contribution < -0.4 is 5.32 Å². The molecule has 1 N–H and O–H groups in total. The minimum atomic E-state index is -0.178. The molecule has 2 saturated carbocycles. The van der Waals surface area contributed by atoms with Crippen LogP contribution in [0.25, 0.3) is 0 Å². The van der Waals surface area contributed by atoms with E-state index in [1.165, 1.54) is 38.5 Å². The first-order valence-corrected chi connectivity index (χ1v) is 7.73. The number of hydrogen-bond donors (Lipinski definition) is 1. The molecule has 1 heterocycles. The molecule has 1 amide bonds. The molecule has 0 radical (unpaired) electrons. The molecule has 3 fully saturated rings. The molecule has 1 aliphatic heterocycles. The first-order chi connectivity index (χ1) is 8.62. The van der Waals surface area contributed by atoms with Crippen molar-refractivity contribution in [3.8, 4) is 0 Å². The van der Waals surface area contributed by atoms with Crippen LogP contribution in [-0.4, -0.2) is 28.6 Å². The molecule has 1 spiro atoms. The Kier molecular flexibility index (Phi) is 3.13. The molecule has 2 aliphatic carbocycles. The molecule has 3 rings (SSSR count). The van der Waals surface area contributed by atoms with Gasteiger partial charge in [0.1, 0.15) is 0 Å². The Morgan fingerprint density at radius 1 is 1.11 bits per heavy atom. The predicted molar refractivity (Wildman–Crippen MR) is 72.1 cm³/mol. The van der Waals surface area contributed by atoms with Crippen molar-refractivity contribution < 1.29 is 4.79 Å². The molecule has 1 atom stereocenters. The lowest BCUT2D eigenvalue weighted by molar-refractivity contribution is -0.135. The lowest BCUT2D eigenvalue weighted by Gasteiger charge is -2.36. The van der Waals surface area contributed by atoms with E-state index in [4.69, 9.17) is 0 Å². The van der Waals surface area contributed by atoms with Crippen LogP contribution in [0.2, 0.25) is 0 Å². The monoisotopic (exact) mass is 250 g/mol. The molecule has 18 heavy (non-hydrogen) atoms. The van der Waals surface area contributed by atoms with Gasteiger partial charge in [-0.1, -0.05) is 19.8 Å². The van der Waals surface area contributed by atoms with Crippen LogP contribution in [0.1, 0.15) is 65.2 Å². The van der Waals surface area contributed by atoms with Crippen LogP contribution in [0.3, 0.4) is 0 Å². The SMILES string of the molecule is CC1CCC(N2C(=O)C3(CCCC3)NC2C)CC1. The van der Waals surface area contributed by atoms with E-state index in [0.717, 1.165) is 18.8 Å². The first-order valence-electron chi connectivity index (χ1n) is 7.73. The second-order valence-electron chi connectivity index (χ2n) is 6.74. The van der Waals surface area contributed by atoms with Gasteiger partial charge in [-0.25, -0.2) is 0 Å². The molecule has 0 aromatic carbocycles. The second kappa shape index (κ2) is 4.52. The summed E-state index contributed by atoms with van der Waals surface area (Å²) >= 11 is 0. The Morgan fingerprint density at radius 3 is 2.33 bits per heavy atom. The summed E-state index contributed by atoms with van der Waals surface area (Å²) < 4.78 is 0. The molecule has 0 aromatic rings. The van der Waals surface area contributed by atoms with E-state index in [1.54, 1.807) is 0 Å². The standard InChI is InChI=1S/C15H26N2O/c1-11-5-7-13(8-6-11)17-12(2)16-15(14(17)18)9-3-4-10-15/h11-13,16H,3-10H2,1-2H3. The predicted octanol–water partition coefficient (Wildman–Crippen LogP) is 2.66. The van der Waals surface area contributed by atoms with Crippen LogP contribution in [0, 0.1) is 5.92 Å². The van der Waals surface area contributed by atoms with Gasteiger partial charge in [0.25, 0.3) is 0 Å². The highest BCUT2D eigenvalue weighted by Gasteiger charge is 2.52. The fourth-order valence-electron chi connectivity index (χ4n) is 4.29. The van der Waals surface area contributed by atoms with Crippen molar-refractivity contribution in [3.63, 3.8) is 0 Å². The van der Waals surface area contributed by atoms with Gasteiger partial charge in [-0.2, -0.15) is 0 Å². The van der Waals surface area contributed by atoms with Gasteiger partial charge in [-0.15, -0.1) is 0 Å². The van der Waals surface area contributed by atoms with Crippen molar-refractivity contribution in [1.29, 1.82) is 0 Å². The van der Waals surface area contributed by atoms with E-state index in [0.29, 0.717) is 11.9 Å². The van der Waals surface area contributed by atoms with Crippen LogP contribution in [0.5, 0.6) is 0 Å². The van der Waals surface area contributed by atoms with Crippen LogP contribution >= 0.6 is 0 Å². The number of hydrogen-bond acceptors (Lipinski definition) is 2. The summed E-state index contributed by atoms with van der Waals surface area (Å²) in [4.78, 5) is 15.0. The molecule has 3 nitrogen and oxygen atoms in total. The van der Waals surface area contributed by atoms with E-state index in [9.17, 15) is 4.79 Å². The van der Waals surface area contributed by atoms with Gasteiger partial charge in [-0.05, 0) is 51.4 Å². The maximum absolute atomic E-state index is 12.8. The van der Waals surface area contributed by atoms with Crippen molar-refractivity contribution in [2.45, 2.75) is 83.0 Å². The maximum atomic E-state index is 12.8. The molecule has 102 valence electrons. The largest absolute Gasteiger partial charge is 0.323 e. The second-order valence-corrected chi connectivity index (χ2v) is 6.74. The number of carbonyl (C=O) groups is 1. The fourth-order valence-corrected chi connectivity index (χ4v) is 4.29. The molecule has 0 aromatic heterocycles. The quantitative estimate of drug-likeness (QED) is 0.776. The first kappa shape index (κ1) is 12.5. The molecular weight excluding hydrogens is 224 g/mol. The Morgan fingerprint density at radius 2 is 1.72 bits per heavy atom. The summed E-state index contributed by atoms with van der Waals surface area (Å²) in [5.74, 6) is 1.26. The summed E-state index contributed by atoms with van der Waals surface area (Å²) in [6, 6.07) is 0.496. The van der Waals surface area contributed by atoms with E-state index in [2.05, 4.69) is 24.1 Å². The van der Waals surface area contributed by atoms with Crippen molar-refractivity contribution in [3.05, 3.63) is 0 Å². The van der Waals surface area contributed by atoms with E-state index in [-0.39, 0.29) is 11.7 Å². The van der Waals surface area contributed by atoms with Crippen molar-refractivity contribution >= 4 is 5.91 Å². The van der Waals surface area contributed by atoms with Gasteiger partial charge >= 0.3 is 0 Å². The van der Waals surface area contributed by atoms with Gasteiger partial charge in [0, 0.05) is 6.04 Å². The zero-order valence-corrected chi connectivity index (χ0v) is 11.7. The Labute approximate surface area is 110 Å². The van der Waals surface area contributed by atoms with Gasteiger partial charge in [0.2, 0.25) is 5.91 Å². The lowest BCUT2D eigenvalue weighted by atomic mass is 9.86. The van der Waals surface area contributed by atoms with E-state index >= 15 is 0 Å². The van der Waals surface area contributed by atoms with Crippen molar-refractivity contribution in [2.24, 2.45) is 5.92 Å². The van der Waals surface area contributed by atoms with Crippen molar-refractivity contribution in [1.82, 2.24) is 10.2 Å². The molecule has 0 bridgehead atoms. The van der Waals surface area contributed by atoms with Gasteiger partial charge in [0.05, 0.1) is 11.7 Å². The minimum Gasteiger partial charge on any atom is -0.323 e. The maximum Gasteiger partial charge on any atom is 0.244 e. The highest BCUT2D eigenvalue weighted by molar-refractivity contribution is 5.89. The third-order valence-corrected chi connectivity index (χ3v) is 5.38. The summed E-state index contributed by atoms with van der Waals surface area (Å²) in [7, 11) is 0. The van der Waals surface area contributed by atoms with Gasteiger partial charge in [0.15, 0.2) is 0 Å². The third-order valence-electron chi connectivity index (χ3n) is 5.38. The Hall–Kier alpha value is -0.570. The molecular formula is C15H26N2O. The Bertz CT molecular complexity index is 327. The summed E-state index contributed by atoms with van der Waals surface area (Å²) in [6.45, 7) is 4.51. The smallest absolute Gasteiger partial charge is 0.244 e. The molecule has 1 saturated heterocycles. The van der Waals surface area contributed by atoms with Gasteiger partial charge < -0.3 is 4.90 Å². The highest BCUT2D eigenvalue weighted by atomic mass is 16.2. The van der Waals surface area contributed by atoms with Crippen LogP contribution in [-0.2, 0) is 4.79 Å². The fraction of sp³-hybridized carbons (Fsp3) is 0.933. The average Bonchev–Trinajstić information content (AvgIpc) is 2.89. The summed E-state index contributed by atoms with van der Waals surface area (Å²) in [5.41, 5.74) is -0.178. The number of carbonyl (C=O) groups excluding carboxylic acids is 1. The number of nitrogens with one attached hydrogen (secondary N) is 1. The van der Waals surface area contributed by atoms with Crippen LogP contribution in [0.4, 0.5) is 0 Å². The van der Waals surface area contributed by atoms with E-state index in [1.807, 2.05) is 0 Å². The molecule has 1 unspecified atom stereocenters. The highest BCUT2D eigenvalue weighted by Crippen LogP contribution is 2.39.